The van der Waals surface area contributed by atoms with E-state index >= 15 is 0 Å². The molecule has 4 nitrogen and oxygen atoms in total. The summed E-state index contributed by atoms with van der Waals surface area (Å²) < 4.78 is 0. The van der Waals surface area contributed by atoms with Crippen molar-refractivity contribution in [3.8, 4) is 0 Å². The van der Waals surface area contributed by atoms with Crippen LogP contribution in [0.4, 0.5) is 11.4 Å². The zero-order chi connectivity index (χ0) is 14.0. The van der Waals surface area contributed by atoms with E-state index in [9.17, 15) is 9.90 Å². The van der Waals surface area contributed by atoms with E-state index in [1.165, 1.54) is 0 Å². The minimum absolute atomic E-state index is 0.0657. The number of nitrogens with one attached hydrogen (secondary N) is 1. The summed E-state index contributed by atoms with van der Waals surface area (Å²) in [4.78, 5) is 14.2. The Morgan fingerprint density at radius 3 is 2.68 bits per heavy atom. The number of rotatable bonds is 3. The Morgan fingerprint density at radius 2 is 2.11 bits per heavy atom. The number of anilines is 2. The topological polar surface area (TPSA) is 52.6 Å². The van der Waals surface area contributed by atoms with Gasteiger partial charge in [-0.15, -0.1) is 0 Å². The molecule has 1 aromatic carbocycles. The van der Waals surface area contributed by atoms with E-state index in [0.717, 1.165) is 36.2 Å². The zero-order valence-electron chi connectivity index (χ0n) is 11.8. The lowest BCUT2D eigenvalue weighted by molar-refractivity contribution is -0.122. The van der Waals surface area contributed by atoms with Crippen LogP contribution in [0.2, 0.25) is 0 Å². The van der Waals surface area contributed by atoms with Gasteiger partial charge in [-0.1, -0.05) is 6.07 Å². The molecule has 0 aliphatic heterocycles. The molecule has 2 unspecified atom stereocenters. The quantitative estimate of drug-likeness (QED) is 0.877. The lowest BCUT2D eigenvalue weighted by Gasteiger charge is -2.20. The Bertz CT molecular complexity index is 471. The van der Waals surface area contributed by atoms with Crippen LogP contribution >= 0.6 is 0 Å². The van der Waals surface area contributed by atoms with Crippen LogP contribution in [0.1, 0.15) is 24.8 Å². The number of hydrogen-bond acceptors (Lipinski definition) is 3. The van der Waals surface area contributed by atoms with Gasteiger partial charge < -0.3 is 15.3 Å². The molecule has 0 radical (unpaired) electrons. The normalized spacial score (nSPS) is 22.3. The second-order valence-corrected chi connectivity index (χ2v) is 5.44. The van der Waals surface area contributed by atoms with Crippen molar-refractivity contribution in [2.45, 2.75) is 32.3 Å². The number of carbonyl (C=O) groups excluding carboxylic acids is 1. The van der Waals surface area contributed by atoms with Gasteiger partial charge in [0.25, 0.3) is 0 Å². The maximum Gasteiger partial charge on any atom is 0.230 e. The van der Waals surface area contributed by atoms with Crippen molar-refractivity contribution in [3.63, 3.8) is 0 Å². The van der Waals surface area contributed by atoms with Crippen molar-refractivity contribution in [2.75, 3.05) is 24.3 Å². The number of nitrogens with zero attached hydrogens (tertiary/aromatic N) is 1. The molecule has 2 atom stereocenters. The van der Waals surface area contributed by atoms with Gasteiger partial charge in [-0.2, -0.15) is 0 Å². The van der Waals surface area contributed by atoms with Crippen LogP contribution in [-0.2, 0) is 4.79 Å². The Hall–Kier alpha value is -1.55. The highest BCUT2D eigenvalue weighted by Gasteiger charge is 2.31. The molecular weight excluding hydrogens is 240 g/mol. The lowest BCUT2D eigenvalue weighted by atomic mass is 10.0. The summed E-state index contributed by atoms with van der Waals surface area (Å²) in [6.45, 7) is 2.00. The second kappa shape index (κ2) is 5.61. The maximum atomic E-state index is 12.2. The Morgan fingerprint density at radius 1 is 1.37 bits per heavy atom. The predicted molar refractivity (Wildman–Crippen MR) is 77.5 cm³/mol. The first-order valence-corrected chi connectivity index (χ1v) is 6.76. The van der Waals surface area contributed by atoms with Gasteiger partial charge in [-0.05, 0) is 43.9 Å². The molecule has 0 heterocycles. The molecule has 0 saturated heterocycles. The lowest BCUT2D eigenvalue weighted by Crippen LogP contribution is -2.29. The van der Waals surface area contributed by atoms with Crippen molar-refractivity contribution in [3.05, 3.63) is 23.8 Å². The summed E-state index contributed by atoms with van der Waals surface area (Å²) in [5.74, 6) is -0.327. The van der Waals surface area contributed by atoms with Gasteiger partial charge >= 0.3 is 0 Å². The maximum absolute atomic E-state index is 12.2. The second-order valence-electron chi connectivity index (χ2n) is 5.44. The van der Waals surface area contributed by atoms with Gasteiger partial charge in [0.15, 0.2) is 0 Å². The molecule has 1 saturated carbocycles. The van der Waals surface area contributed by atoms with Gasteiger partial charge in [-0.25, -0.2) is 0 Å². The third kappa shape index (κ3) is 2.89. The van der Waals surface area contributed by atoms with Crippen LogP contribution in [0, 0.1) is 12.8 Å². The number of benzene rings is 1. The van der Waals surface area contributed by atoms with Gasteiger partial charge in [0.05, 0.1) is 12.0 Å². The van der Waals surface area contributed by atoms with Gasteiger partial charge in [0.2, 0.25) is 5.91 Å². The van der Waals surface area contributed by atoms with Crippen LogP contribution in [0.15, 0.2) is 18.2 Å². The summed E-state index contributed by atoms with van der Waals surface area (Å²) in [6, 6.07) is 5.86. The number of hydrogen-bond donors (Lipinski definition) is 2. The van der Waals surface area contributed by atoms with Crippen LogP contribution < -0.4 is 10.2 Å². The Kier molecular flexibility index (Phi) is 4.10. The van der Waals surface area contributed by atoms with Crippen molar-refractivity contribution >= 4 is 17.3 Å². The Balaban J connectivity index is 2.15. The smallest absolute Gasteiger partial charge is 0.230 e. The van der Waals surface area contributed by atoms with Crippen molar-refractivity contribution in [1.82, 2.24) is 0 Å². The molecule has 0 spiro atoms. The monoisotopic (exact) mass is 262 g/mol. The van der Waals surface area contributed by atoms with E-state index in [0.29, 0.717) is 0 Å². The fraction of sp³-hybridized carbons (Fsp3) is 0.533. The van der Waals surface area contributed by atoms with Crippen molar-refractivity contribution in [1.29, 1.82) is 0 Å². The predicted octanol–water partition coefficient (Wildman–Crippen LogP) is 2.16. The molecule has 1 aromatic rings. The zero-order valence-corrected chi connectivity index (χ0v) is 11.8. The molecule has 1 aliphatic rings. The summed E-state index contributed by atoms with van der Waals surface area (Å²) in [6.07, 6.45) is 1.95. The molecule has 19 heavy (non-hydrogen) atoms. The molecule has 2 rings (SSSR count). The molecule has 1 amide bonds. The van der Waals surface area contributed by atoms with Gasteiger partial charge in [0, 0.05) is 25.5 Å². The molecule has 4 heteroatoms. The third-order valence-corrected chi connectivity index (χ3v) is 3.86. The summed E-state index contributed by atoms with van der Waals surface area (Å²) >= 11 is 0. The van der Waals surface area contributed by atoms with Crippen LogP contribution in [0.25, 0.3) is 0 Å². The molecule has 0 aromatic heterocycles. The highest BCUT2D eigenvalue weighted by atomic mass is 16.3. The third-order valence-electron chi connectivity index (χ3n) is 3.86. The van der Waals surface area contributed by atoms with E-state index in [2.05, 4.69) is 5.32 Å². The van der Waals surface area contributed by atoms with E-state index < -0.39 is 6.10 Å². The van der Waals surface area contributed by atoms with E-state index in [-0.39, 0.29) is 11.8 Å². The van der Waals surface area contributed by atoms with Gasteiger partial charge in [-0.3, -0.25) is 4.79 Å². The molecule has 0 bridgehead atoms. The molecular formula is C15H22N2O2. The number of aliphatic hydroxyl groups is 1. The molecule has 1 aliphatic carbocycles. The van der Waals surface area contributed by atoms with Crippen molar-refractivity contribution < 1.29 is 9.90 Å². The summed E-state index contributed by atoms with van der Waals surface area (Å²) in [7, 11) is 3.96. The first-order valence-electron chi connectivity index (χ1n) is 6.76. The fourth-order valence-electron chi connectivity index (χ4n) is 2.72. The van der Waals surface area contributed by atoms with Crippen molar-refractivity contribution in [2.24, 2.45) is 5.92 Å². The van der Waals surface area contributed by atoms with E-state index in [4.69, 9.17) is 0 Å². The first-order chi connectivity index (χ1) is 9.00. The van der Waals surface area contributed by atoms with Crippen LogP contribution in [0.5, 0.6) is 0 Å². The first kappa shape index (κ1) is 13.9. The van der Waals surface area contributed by atoms with Crippen LogP contribution in [-0.4, -0.2) is 31.2 Å². The minimum atomic E-state index is -0.489. The molecule has 2 N–H and O–H groups in total. The minimum Gasteiger partial charge on any atom is -0.392 e. The molecule has 1 fully saturated rings. The average molecular weight is 262 g/mol. The summed E-state index contributed by atoms with van der Waals surface area (Å²) in [5.41, 5.74) is 2.97. The summed E-state index contributed by atoms with van der Waals surface area (Å²) in [5, 5.41) is 12.7. The fourth-order valence-corrected chi connectivity index (χ4v) is 2.72. The average Bonchev–Trinajstić information content (AvgIpc) is 2.77. The van der Waals surface area contributed by atoms with Crippen LogP contribution in [0.3, 0.4) is 0 Å². The largest absolute Gasteiger partial charge is 0.392 e. The number of amides is 1. The highest BCUT2D eigenvalue weighted by molar-refractivity contribution is 5.94. The Labute approximate surface area is 114 Å². The standard InChI is InChI=1S/C15H22N2O2/c1-10-12(7-5-8-13(10)17(2)3)16-15(19)11-6-4-9-14(11)18/h5,7-8,11,14,18H,4,6,9H2,1-3H3,(H,16,19). The van der Waals surface area contributed by atoms with Gasteiger partial charge in [0.1, 0.15) is 0 Å². The van der Waals surface area contributed by atoms with E-state index in [1.54, 1.807) is 0 Å². The molecule has 104 valence electrons. The van der Waals surface area contributed by atoms with E-state index in [1.807, 2.05) is 44.1 Å². The number of carbonyl (C=O) groups is 1. The highest BCUT2D eigenvalue weighted by Crippen LogP contribution is 2.29. The number of aliphatic hydroxyl groups excluding tert-OH is 1. The SMILES string of the molecule is Cc1c(NC(=O)C2CCCC2O)cccc1N(C)C.